The first-order chi connectivity index (χ1) is 30.2. The number of alkyl halides is 1. The fourth-order valence-corrected chi connectivity index (χ4v) is 10.6. The van der Waals surface area contributed by atoms with Gasteiger partial charge in [-0.1, -0.05) is 99.2 Å². The van der Waals surface area contributed by atoms with E-state index in [4.69, 9.17) is 18.9 Å². The summed E-state index contributed by atoms with van der Waals surface area (Å²) in [5, 5.41) is 33.8. The number of nitrogens with zero attached hydrogens (tertiary/aromatic N) is 1. The van der Waals surface area contributed by atoms with Gasteiger partial charge in [-0.2, -0.15) is 0 Å². The number of aliphatic hydroxyl groups excluding tert-OH is 2. The van der Waals surface area contributed by atoms with E-state index >= 15 is 0 Å². The first kappa shape index (κ1) is 54.0. The molecule has 0 aromatic rings. The highest BCUT2D eigenvalue weighted by Gasteiger charge is 2.53. The fraction of sp³-hybridized carbons (Fsp3) is 0.740. The number of hydrogen-bond acceptors (Lipinski definition) is 12. The summed E-state index contributed by atoms with van der Waals surface area (Å²) in [5.74, 6) is -7.71. The van der Waals surface area contributed by atoms with Gasteiger partial charge in [0.15, 0.2) is 5.78 Å². The number of cyclic esters (lactones) is 1. The Morgan fingerprint density at radius 2 is 1.61 bits per heavy atom. The van der Waals surface area contributed by atoms with Crippen LogP contribution in [-0.2, 0) is 42.9 Å². The number of aliphatic hydroxyl groups is 3. The van der Waals surface area contributed by atoms with Crippen molar-refractivity contribution in [1.82, 2.24) is 4.90 Å². The number of ketones is 3. The van der Waals surface area contributed by atoms with E-state index in [2.05, 4.69) is 22.6 Å². The van der Waals surface area contributed by atoms with Crippen molar-refractivity contribution in [2.24, 2.45) is 35.5 Å². The largest absolute Gasteiger partial charge is 0.460 e. The molecule has 14 heteroatoms. The average molecular weight is 1010 g/mol. The fourth-order valence-electron chi connectivity index (χ4n) is 9.82. The Labute approximate surface area is 395 Å². The monoisotopic (exact) mass is 1010 g/mol. The van der Waals surface area contributed by atoms with Crippen LogP contribution in [0.5, 0.6) is 0 Å². The van der Waals surface area contributed by atoms with Crippen molar-refractivity contribution < 1.29 is 58.2 Å². The van der Waals surface area contributed by atoms with Crippen molar-refractivity contribution in [3.63, 3.8) is 0 Å². The molecular formula is C50H76INO12. The first-order valence-corrected chi connectivity index (χ1v) is 24.7. The SMILES string of the molecule is CO[C@@H]1C[C@@H](CC(C)[C@@H]2CC(=O)[C@H](C)/C=C(\C)[C@@H](O)[C@@H](OC)C(=O)[C@H](C)C[C@H](C)/C=C/C=C/C=C(/C)C(I)C[C@@H]3CC[C@@H](C)[C@@](O)(O3)C(=O)C(=O)N3CCCC[C@H]3C(=O)O2)CC[C@H]1O. The number of ether oxygens (including phenoxy) is 4. The zero-order valence-electron chi connectivity index (χ0n) is 39.6. The van der Waals surface area contributed by atoms with Gasteiger partial charge in [0, 0.05) is 48.9 Å². The van der Waals surface area contributed by atoms with Gasteiger partial charge in [-0.15, -0.1) is 0 Å². The van der Waals surface area contributed by atoms with Crippen LogP contribution in [0.2, 0.25) is 0 Å². The van der Waals surface area contributed by atoms with E-state index in [-0.39, 0.29) is 58.7 Å². The van der Waals surface area contributed by atoms with Crippen LogP contribution in [0, 0.1) is 35.5 Å². The molecule has 1 amide bonds. The summed E-state index contributed by atoms with van der Waals surface area (Å²) < 4.78 is 23.6. The maximum atomic E-state index is 14.3. The molecule has 3 aliphatic heterocycles. The molecule has 2 unspecified atom stereocenters. The lowest BCUT2D eigenvalue weighted by Gasteiger charge is -2.42. The second kappa shape index (κ2) is 25.0. The van der Waals surface area contributed by atoms with Gasteiger partial charge in [0.25, 0.3) is 11.7 Å². The highest BCUT2D eigenvalue weighted by atomic mass is 127. The molecule has 4 aliphatic rings. The number of carbonyl (C=O) groups excluding carboxylic acids is 5. The standard InChI is InChI=1S/C50H76INO12/c1-29-15-11-10-12-16-30(2)38(51)27-37-20-18-35(7)50(60,64-37)47(57)48(58)52-22-14-13-17-39(52)49(59)63-42(32(4)25-36-19-21-40(53)43(26-36)61-8)28-41(54)31(3)24-34(6)45(56)46(62-9)44(55)33(5)23-29/h10-12,15-16,24,29,31-33,35-40,42-43,45-46,53,56,60H,13-14,17-23,25-28H2,1-9H3/b12-10+,15-11+,30-16-,34-24+/t29-,31-,32?,33-,35-,36-,37+,38?,39+,40-,42+,43-,45-,46+,50-/m1/s1. The quantitative estimate of drug-likeness (QED) is 0.0846. The number of fused-ring (bicyclic) bond motifs is 3. The van der Waals surface area contributed by atoms with E-state index in [1.54, 1.807) is 34.0 Å². The number of methoxy groups -OCH3 is 2. The molecule has 0 radical (unpaired) electrons. The van der Waals surface area contributed by atoms with Crippen molar-refractivity contribution in [3.8, 4) is 0 Å². The third-order valence-electron chi connectivity index (χ3n) is 14.2. The van der Waals surface area contributed by atoms with Gasteiger partial charge in [0.1, 0.15) is 30.1 Å². The van der Waals surface area contributed by atoms with Gasteiger partial charge in [0.05, 0.1) is 18.3 Å². The van der Waals surface area contributed by atoms with Crippen molar-refractivity contribution >= 4 is 51.8 Å². The highest BCUT2D eigenvalue weighted by molar-refractivity contribution is 14.1. The molecule has 3 heterocycles. The van der Waals surface area contributed by atoms with E-state index in [0.717, 1.165) is 12.0 Å². The molecule has 13 nitrogen and oxygen atoms in total. The molecule has 2 saturated heterocycles. The smallest absolute Gasteiger partial charge is 0.329 e. The zero-order chi connectivity index (χ0) is 47.5. The predicted octanol–water partition coefficient (Wildman–Crippen LogP) is 6.97. The van der Waals surface area contributed by atoms with Crippen LogP contribution in [0.4, 0.5) is 0 Å². The van der Waals surface area contributed by atoms with Crippen LogP contribution < -0.4 is 0 Å². The maximum Gasteiger partial charge on any atom is 0.329 e. The Bertz CT molecular complexity index is 1740. The van der Waals surface area contributed by atoms with Crippen molar-refractivity contribution in [2.75, 3.05) is 20.8 Å². The molecule has 0 aromatic heterocycles. The Kier molecular flexibility index (Phi) is 21.1. The summed E-state index contributed by atoms with van der Waals surface area (Å²) in [7, 11) is 2.95. The molecule has 3 fully saturated rings. The number of hydrogen-bond donors (Lipinski definition) is 3. The molecule has 3 N–H and O–H groups in total. The zero-order valence-corrected chi connectivity index (χ0v) is 41.7. The van der Waals surface area contributed by atoms with E-state index in [1.165, 1.54) is 12.0 Å². The van der Waals surface area contributed by atoms with Crippen LogP contribution >= 0.6 is 22.6 Å². The molecule has 0 spiro atoms. The Morgan fingerprint density at radius 3 is 2.30 bits per heavy atom. The lowest BCUT2D eigenvalue weighted by molar-refractivity contribution is -0.263. The molecule has 1 saturated carbocycles. The van der Waals surface area contributed by atoms with E-state index in [9.17, 15) is 39.3 Å². The average Bonchev–Trinajstić information content (AvgIpc) is 3.26. The normalized spacial score (nSPS) is 40.9. The Hall–Kier alpha value is -2.60. The summed E-state index contributed by atoms with van der Waals surface area (Å²) in [6, 6.07) is -1.12. The number of carbonyl (C=O) groups is 5. The third kappa shape index (κ3) is 14.2. The maximum absolute atomic E-state index is 14.3. The summed E-state index contributed by atoms with van der Waals surface area (Å²) in [5.41, 5.74) is 1.45. The van der Waals surface area contributed by atoms with Crippen LogP contribution in [-0.4, -0.2) is 123 Å². The van der Waals surface area contributed by atoms with E-state index in [1.807, 2.05) is 58.1 Å². The minimum absolute atomic E-state index is 0.00152. The minimum atomic E-state index is -2.37. The number of piperidine rings is 1. The number of allylic oxidation sites excluding steroid dienone is 7. The van der Waals surface area contributed by atoms with Gasteiger partial charge in [-0.3, -0.25) is 19.2 Å². The van der Waals surface area contributed by atoms with Gasteiger partial charge >= 0.3 is 5.97 Å². The van der Waals surface area contributed by atoms with Crippen LogP contribution in [0.25, 0.3) is 0 Å². The van der Waals surface area contributed by atoms with Gasteiger partial charge < -0.3 is 39.2 Å². The molecule has 1 aliphatic carbocycles. The molecular weight excluding hydrogens is 933 g/mol. The second-order valence-corrected chi connectivity index (χ2v) is 20.8. The third-order valence-corrected chi connectivity index (χ3v) is 15.7. The molecule has 15 atom stereocenters. The number of halogens is 1. The van der Waals surface area contributed by atoms with Crippen molar-refractivity contribution in [2.45, 2.75) is 178 Å². The van der Waals surface area contributed by atoms with Crippen molar-refractivity contribution in [3.05, 3.63) is 47.6 Å². The van der Waals surface area contributed by atoms with E-state index in [0.29, 0.717) is 63.4 Å². The first-order valence-electron chi connectivity index (χ1n) is 23.5. The van der Waals surface area contributed by atoms with Gasteiger partial charge in [-0.05, 0) is 108 Å². The topological polar surface area (TPSA) is 186 Å². The summed E-state index contributed by atoms with van der Waals surface area (Å²) in [6.45, 7) is 12.9. The number of rotatable bonds is 5. The van der Waals surface area contributed by atoms with Gasteiger partial charge in [-0.25, -0.2) is 4.79 Å². The summed E-state index contributed by atoms with van der Waals surface area (Å²) in [6.07, 6.45) is 12.4. The predicted molar refractivity (Wildman–Crippen MR) is 252 cm³/mol. The molecule has 360 valence electrons. The minimum Gasteiger partial charge on any atom is -0.460 e. The highest BCUT2D eigenvalue weighted by Crippen LogP contribution is 2.38. The lowest BCUT2D eigenvalue weighted by atomic mass is 9.78. The van der Waals surface area contributed by atoms with Crippen LogP contribution in [0.3, 0.4) is 0 Å². The van der Waals surface area contributed by atoms with Crippen LogP contribution in [0.15, 0.2) is 47.6 Å². The molecule has 4 rings (SSSR count). The molecule has 0 aromatic carbocycles. The Balaban J connectivity index is 1.69. The molecule has 64 heavy (non-hydrogen) atoms. The summed E-state index contributed by atoms with van der Waals surface area (Å²) >= 11 is 2.32. The van der Waals surface area contributed by atoms with Crippen molar-refractivity contribution in [1.29, 1.82) is 0 Å². The van der Waals surface area contributed by atoms with E-state index < -0.39 is 77.8 Å². The number of esters is 1. The number of amides is 1. The summed E-state index contributed by atoms with van der Waals surface area (Å²) in [4.78, 5) is 71.7. The lowest BCUT2D eigenvalue weighted by Crippen LogP contribution is -2.60. The Morgan fingerprint density at radius 1 is 0.891 bits per heavy atom. The second-order valence-electron chi connectivity index (χ2n) is 19.3. The van der Waals surface area contributed by atoms with Crippen LogP contribution in [0.1, 0.15) is 126 Å². The molecule has 2 bridgehead atoms. The number of Topliss-reactive ketones (excluding diaryl/α,β-unsaturated/α-hetero) is 3. The van der Waals surface area contributed by atoms with Gasteiger partial charge in [0.2, 0.25) is 5.79 Å².